The van der Waals surface area contributed by atoms with Gasteiger partial charge >= 0.3 is 0 Å². The van der Waals surface area contributed by atoms with Crippen LogP contribution in [0.4, 0.5) is 11.5 Å². The molecule has 0 saturated heterocycles. The van der Waals surface area contributed by atoms with Crippen molar-refractivity contribution in [3.63, 3.8) is 0 Å². The Kier molecular flexibility index (Phi) is 5.36. The van der Waals surface area contributed by atoms with Gasteiger partial charge in [-0.15, -0.1) is 0 Å². The van der Waals surface area contributed by atoms with E-state index < -0.39 is 5.92 Å². The third kappa shape index (κ3) is 3.93. The number of carbonyl (C=O) groups is 2. The Bertz CT molecular complexity index is 822. The second-order valence-electron chi connectivity index (χ2n) is 6.14. The third-order valence-electron chi connectivity index (χ3n) is 4.34. The van der Waals surface area contributed by atoms with Crippen LogP contribution in [0, 0.1) is 6.92 Å². The molecule has 26 heavy (non-hydrogen) atoms. The Morgan fingerprint density at radius 2 is 2.19 bits per heavy atom. The number of methoxy groups -OCH3 is 1. The molecule has 3 N–H and O–H groups in total. The van der Waals surface area contributed by atoms with Crippen molar-refractivity contribution in [2.24, 2.45) is 0 Å². The van der Waals surface area contributed by atoms with E-state index in [0.29, 0.717) is 24.5 Å². The molecular formula is C19H22N4O3. The normalized spacial score (nSPS) is 15.6. The smallest absolute Gasteiger partial charge is 0.228 e. The van der Waals surface area contributed by atoms with E-state index >= 15 is 0 Å². The monoisotopic (exact) mass is 354 g/mol. The molecule has 136 valence electrons. The molecule has 0 saturated carbocycles. The first-order valence-electron chi connectivity index (χ1n) is 8.49. The fraction of sp³-hybridized carbons (Fsp3) is 0.316. The second kappa shape index (κ2) is 7.86. The number of nitrogens with one attached hydrogen (secondary N) is 3. The summed E-state index contributed by atoms with van der Waals surface area (Å²) in [5, 5.41) is 8.88. The average Bonchev–Trinajstić information content (AvgIpc) is 2.65. The molecule has 1 atom stereocenters. The van der Waals surface area contributed by atoms with Crippen LogP contribution in [0.2, 0.25) is 0 Å². The molecule has 2 heterocycles. The van der Waals surface area contributed by atoms with Crippen LogP contribution in [-0.4, -0.2) is 37.0 Å². The van der Waals surface area contributed by atoms with Crippen LogP contribution in [0.5, 0.6) is 5.75 Å². The fourth-order valence-electron chi connectivity index (χ4n) is 2.96. The number of ether oxygens (including phenoxy) is 1. The number of hydrogen-bond donors (Lipinski definition) is 3. The van der Waals surface area contributed by atoms with E-state index in [4.69, 9.17) is 4.74 Å². The maximum absolute atomic E-state index is 12.6. The highest BCUT2D eigenvalue weighted by atomic mass is 16.5. The van der Waals surface area contributed by atoms with Crippen molar-refractivity contribution in [2.45, 2.75) is 19.3 Å². The number of pyridine rings is 1. The van der Waals surface area contributed by atoms with Gasteiger partial charge in [0.2, 0.25) is 11.8 Å². The van der Waals surface area contributed by atoms with E-state index in [1.165, 1.54) is 0 Å². The molecule has 0 radical (unpaired) electrons. The first kappa shape index (κ1) is 17.7. The molecule has 1 aliphatic heterocycles. The molecule has 0 aliphatic carbocycles. The van der Waals surface area contributed by atoms with Crippen LogP contribution in [0.1, 0.15) is 23.5 Å². The number of fused-ring (bicyclic) bond motifs is 1. The van der Waals surface area contributed by atoms with Gasteiger partial charge in [-0.1, -0.05) is 6.07 Å². The number of carbonyl (C=O) groups excluding carboxylic acids is 2. The van der Waals surface area contributed by atoms with Gasteiger partial charge in [0.1, 0.15) is 11.6 Å². The zero-order valence-electron chi connectivity index (χ0n) is 14.8. The van der Waals surface area contributed by atoms with Crippen LogP contribution in [0.15, 0.2) is 36.5 Å². The summed E-state index contributed by atoms with van der Waals surface area (Å²) in [6.07, 6.45) is 1.84. The van der Waals surface area contributed by atoms with Crippen LogP contribution >= 0.6 is 0 Å². The summed E-state index contributed by atoms with van der Waals surface area (Å²) in [5.41, 5.74) is 2.48. The lowest BCUT2D eigenvalue weighted by molar-refractivity contribution is -0.126. The van der Waals surface area contributed by atoms with Crippen molar-refractivity contribution in [3.8, 4) is 5.75 Å². The molecule has 1 aromatic carbocycles. The number of rotatable bonds is 6. The molecule has 7 heteroatoms. The van der Waals surface area contributed by atoms with Gasteiger partial charge in [0.15, 0.2) is 0 Å². The fourth-order valence-corrected chi connectivity index (χ4v) is 2.96. The maximum Gasteiger partial charge on any atom is 0.228 e. The predicted octanol–water partition coefficient (Wildman–Crippen LogP) is 2.05. The molecule has 3 rings (SSSR count). The number of benzene rings is 1. The molecule has 1 aromatic heterocycles. The van der Waals surface area contributed by atoms with Gasteiger partial charge < -0.3 is 20.7 Å². The van der Waals surface area contributed by atoms with Crippen LogP contribution in [0.3, 0.4) is 0 Å². The number of aromatic nitrogens is 1. The number of hydrogen-bond acceptors (Lipinski definition) is 5. The minimum atomic E-state index is -0.523. The standard InChI is InChI=1S/C19H22N4O3/c1-12-4-3-7-20-18(12)21-8-9-22-19(25)15-11-17(24)23-16-6-5-13(26-2)10-14(15)16/h3-7,10,15H,8-9,11H2,1-2H3,(H,20,21)(H,22,25)(H,23,24)/t15-/m0/s1. The molecular weight excluding hydrogens is 332 g/mol. The highest BCUT2D eigenvalue weighted by Crippen LogP contribution is 2.34. The predicted molar refractivity (Wildman–Crippen MR) is 99.5 cm³/mol. The number of aryl methyl sites for hydroxylation is 1. The largest absolute Gasteiger partial charge is 0.497 e. The van der Waals surface area contributed by atoms with E-state index in [0.717, 1.165) is 16.9 Å². The summed E-state index contributed by atoms with van der Waals surface area (Å²) in [4.78, 5) is 28.8. The average molecular weight is 354 g/mol. The molecule has 0 fully saturated rings. The lowest BCUT2D eigenvalue weighted by atomic mass is 9.89. The molecule has 0 unspecified atom stereocenters. The Labute approximate surface area is 152 Å². The molecule has 0 bridgehead atoms. The summed E-state index contributed by atoms with van der Waals surface area (Å²) in [7, 11) is 1.57. The van der Waals surface area contributed by atoms with E-state index in [9.17, 15) is 9.59 Å². The number of nitrogens with zero attached hydrogens (tertiary/aromatic N) is 1. The Hall–Kier alpha value is -3.09. The van der Waals surface area contributed by atoms with Crippen molar-refractivity contribution < 1.29 is 14.3 Å². The summed E-state index contributed by atoms with van der Waals surface area (Å²) in [6, 6.07) is 9.17. The molecule has 0 spiro atoms. The van der Waals surface area contributed by atoms with Crippen LogP contribution in [-0.2, 0) is 9.59 Å². The number of anilines is 2. The van der Waals surface area contributed by atoms with Gasteiger partial charge in [-0.25, -0.2) is 4.98 Å². The maximum atomic E-state index is 12.6. The lowest BCUT2D eigenvalue weighted by Crippen LogP contribution is -2.37. The van der Waals surface area contributed by atoms with E-state index in [-0.39, 0.29) is 18.2 Å². The second-order valence-corrected chi connectivity index (χ2v) is 6.14. The van der Waals surface area contributed by atoms with Gasteiger partial charge in [-0.3, -0.25) is 9.59 Å². The highest BCUT2D eigenvalue weighted by molar-refractivity contribution is 6.01. The van der Waals surface area contributed by atoms with Crippen molar-refractivity contribution in [2.75, 3.05) is 30.8 Å². The highest BCUT2D eigenvalue weighted by Gasteiger charge is 2.30. The van der Waals surface area contributed by atoms with E-state index in [1.807, 2.05) is 19.1 Å². The molecule has 2 aromatic rings. The Morgan fingerprint density at radius 1 is 1.35 bits per heavy atom. The van der Waals surface area contributed by atoms with Gasteiger partial charge in [-0.2, -0.15) is 0 Å². The minimum Gasteiger partial charge on any atom is -0.497 e. The summed E-state index contributed by atoms with van der Waals surface area (Å²) < 4.78 is 5.23. The van der Waals surface area contributed by atoms with Crippen molar-refractivity contribution in [3.05, 3.63) is 47.7 Å². The van der Waals surface area contributed by atoms with E-state index in [1.54, 1.807) is 31.5 Å². The van der Waals surface area contributed by atoms with Gasteiger partial charge in [0.05, 0.1) is 13.0 Å². The third-order valence-corrected chi connectivity index (χ3v) is 4.34. The summed E-state index contributed by atoms with van der Waals surface area (Å²) >= 11 is 0. The van der Waals surface area contributed by atoms with Gasteiger partial charge in [-0.05, 0) is 42.3 Å². The first-order chi connectivity index (χ1) is 12.6. The van der Waals surface area contributed by atoms with E-state index in [2.05, 4.69) is 20.9 Å². The topological polar surface area (TPSA) is 92.3 Å². The Balaban J connectivity index is 1.61. The van der Waals surface area contributed by atoms with Crippen LogP contribution < -0.4 is 20.7 Å². The Morgan fingerprint density at radius 3 is 2.96 bits per heavy atom. The zero-order chi connectivity index (χ0) is 18.5. The van der Waals surface area contributed by atoms with Crippen molar-refractivity contribution in [1.82, 2.24) is 10.3 Å². The first-order valence-corrected chi connectivity index (χ1v) is 8.49. The molecule has 7 nitrogen and oxygen atoms in total. The lowest BCUT2D eigenvalue weighted by Gasteiger charge is -2.25. The number of amides is 2. The molecule has 2 amide bonds. The van der Waals surface area contributed by atoms with Gasteiger partial charge in [0.25, 0.3) is 0 Å². The van der Waals surface area contributed by atoms with Gasteiger partial charge in [0, 0.05) is 31.4 Å². The summed E-state index contributed by atoms with van der Waals surface area (Å²) in [6.45, 7) is 2.96. The SMILES string of the molecule is COc1ccc2c(c1)[C@@H](C(=O)NCCNc1ncccc1C)CC(=O)N2. The molecule has 1 aliphatic rings. The zero-order valence-corrected chi connectivity index (χ0v) is 14.8. The van der Waals surface area contributed by atoms with Crippen molar-refractivity contribution >= 4 is 23.3 Å². The quantitative estimate of drug-likeness (QED) is 0.691. The minimum absolute atomic E-state index is 0.124. The van der Waals surface area contributed by atoms with Crippen LogP contribution in [0.25, 0.3) is 0 Å². The summed E-state index contributed by atoms with van der Waals surface area (Å²) in [5.74, 6) is 0.600. The van der Waals surface area contributed by atoms with Crippen molar-refractivity contribution in [1.29, 1.82) is 0 Å².